The molecule has 0 saturated carbocycles. The van der Waals surface area contributed by atoms with Gasteiger partial charge >= 0.3 is 5.97 Å². The fraction of sp³-hybridized carbons (Fsp3) is 0.632. The molecule has 0 aliphatic rings. The molecule has 0 saturated heterocycles. The van der Waals surface area contributed by atoms with Crippen molar-refractivity contribution in [2.75, 3.05) is 14.1 Å². The number of rotatable bonds is 11. The van der Waals surface area contributed by atoms with E-state index in [0.29, 0.717) is 12.8 Å². The number of carboxylic acids is 1. The molecule has 0 aliphatic carbocycles. The zero-order valence-electron chi connectivity index (χ0n) is 14.7. The van der Waals surface area contributed by atoms with Gasteiger partial charge in [-0.05, 0) is 38.2 Å². The largest absolute Gasteiger partial charge is 0.508 e. The maximum absolute atomic E-state index is 12.0. The Hall–Kier alpha value is -1.55. The second-order valence-corrected chi connectivity index (χ2v) is 6.59. The van der Waals surface area contributed by atoms with Crippen LogP contribution in [0.2, 0.25) is 0 Å². The van der Waals surface area contributed by atoms with E-state index in [0.717, 1.165) is 18.4 Å². The maximum Gasteiger partial charge on any atom is 0.324 e. The number of unbranched alkanes of at least 4 members (excludes halogenated alkanes) is 5. The van der Waals surface area contributed by atoms with Crippen LogP contribution >= 0.6 is 0 Å². The summed E-state index contributed by atoms with van der Waals surface area (Å²) in [6, 6.07) is 6.83. The van der Waals surface area contributed by atoms with Crippen molar-refractivity contribution in [2.24, 2.45) is 0 Å². The predicted molar refractivity (Wildman–Crippen MR) is 93.9 cm³/mol. The average Bonchev–Trinajstić information content (AvgIpc) is 2.51. The van der Waals surface area contributed by atoms with Gasteiger partial charge in [0.05, 0.1) is 0 Å². The Morgan fingerprint density at radius 2 is 1.61 bits per heavy atom. The van der Waals surface area contributed by atoms with Crippen LogP contribution in [-0.4, -0.2) is 40.7 Å². The first-order valence-corrected chi connectivity index (χ1v) is 8.61. The Labute approximate surface area is 140 Å². The summed E-state index contributed by atoms with van der Waals surface area (Å²) in [5.41, 5.74) is 0.0479. The number of likely N-dealkylation sites (N-methyl/N-ethyl adjacent to an activating group) is 1. The number of benzene rings is 1. The molecule has 1 aromatic carbocycles. The third-order valence-corrected chi connectivity index (χ3v) is 4.63. The van der Waals surface area contributed by atoms with Gasteiger partial charge < -0.3 is 10.2 Å². The molecule has 4 nitrogen and oxygen atoms in total. The van der Waals surface area contributed by atoms with Crippen LogP contribution in [0.3, 0.4) is 0 Å². The van der Waals surface area contributed by atoms with Gasteiger partial charge in [0.1, 0.15) is 11.3 Å². The van der Waals surface area contributed by atoms with Gasteiger partial charge in [-0.1, -0.05) is 57.6 Å². The van der Waals surface area contributed by atoms with Gasteiger partial charge in [-0.2, -0.15) is 0 Å². The topological polar surface area (TPSA) is 60.8 Å². The first-order chi connectivity index (χ1) is 10.9. The van der Waals surface area contributed by atoms with Crippen molar-refractivity contribution in [3.05, 3.63) is 29.8 Å². The second kappa shape index (κ2) is 9.56. The molecule has 0 aliphatic heterocycles. The van der Waals surface area contributed by atoms with Gasteiger partial charge in [-0.3, -0.25) is 9.69 Å². The molecule has 0 unspecified atom stereocenters. The Balaban J connectivity index is 2.73. The molecule has 4 heteroatoms. The summed E-state index contributed by atoms with van der Waals surface area (Å²) in [6.45, 7) is 2.19. The third-order valence-electron chi connectivity index (χ3n) is 4.63. The van der Waals surface area contributed by atoms with E-state index in [1.165, 1.54) is 25.7 Å². The summed E-state index contributed by atoms with van der Waals surface area (Å²) in [4.78, 5) is 13.8. The molecule has 0 spiro atoms. The maximum atomic E-state index is 12.0. The fourth-order valence-corrected chi connectivity index (χ4v) is 2.99. The van der Waals surface area contributed by atoms with E-state index in [1.54, 1.807) is 24.3 Å². The summed E-state index contributed by atoms with van der Waals surface area (Å²) >= 11 is 0. The Morgan fingerprint density at radius 3 is 2.13 bits per heavy atom. The van der Waals surface area contributed by atoms with Gasteiger partial charge in [0.25, 0.3) is 0 Å². The normalized spacial score (nSPS) is 13.9. The first kappa shape index (κ1) is 19.5. The number of aromatic hydroxyl groups is 1. The number of hydrogen-bond acceptors (Lipinski definition) is 3. The summed E-state index contributed by atoms with van der Waals surface area (Å²) in [5, 5.41) is 19.3. The van der Waals surface area contributed by atoms with E-state index in [9.17, 15) is 15.0 Å². The Bertz CT molecular complexity index is 470. The molecule has 2 N–H and O–H groups in total. The highest BCUT2D eigenvalue weighted by Crippen LogP contribution is 2.27. The van der Waals surface area contributed by atoms with Crippen LogP contribution in [0.4, 0.5) is 0 Å². The SMILES string of the molecule is CCCCCCCC[C@](Cc1ccc(O)cc1)(C(=O)O)N(C)C. The van der Waals surface area contributed by atoms with E-state index < -0.39 is 11.5 Å². The number of carboxylic acid groups (broad SMARTS) is 1. The highest BCUT2D eigenvalue weighted by atomic mass is 16.4. The molecule has 1 atom stereocenters. The van der Waals surface area contributed by atoms with Gasteiger partial charge in [0, 0.05) is 6.42 Å². The summed E-state index contributed by atoms with van der Waals surface area (Å²) in [7, 11) is 3.68. The molecule has 0 radical (unpaired) electrons. The number of nitrogens with zero attached hydrogens (tertiary/aromatic N) is 1. The standard InChI is InChI=1S/C19H31NO3/c1-4-5-6-7-8-9-14-19(18(22)23,20(2)3)15-16-10-12-17(21)13-11-16/h10-13,21H,4-9,14-15H2,1-3H3,(H,22,23)/t19-/m0/s1. The molecule has 23 heavy (non-hydrogen) atoms. The average molecular weight is 321 g/mol. The highest BCUT2D eigenvalue weighted by molar-refractivity contribution is 5.79. The van der Waals surface area contributed by atoms with Crippen molar-refractivity contribution < 1.29 is 15.0 Å². The minimum atomic E-state index is -0.887. The summed E-state index contributed by atoms with van der Waals surface area (Å²) < 4.78 is 0. The molecule has 1 aromatic rings. The second-order valence-electron chi connectivity index (χ2n) is 6.59. The van der Waals surface area contributed by atoms with Crippen molar-refractivity contribution in [1.29, 1.82) is 0 Å². The van der Waals surface area contributed by atoms with E-state index in [-0.39, 0.29) is 5.75 Å². The van der Waals surface area contributed by atoms with E-state index in [1.807, 2.05) is 19.0 Å². The van der Waals surface area contributed by atoms with Crippen LogP contribution in [0, 0.1) is 0 Å². The van der Waals surface area contributed by atoms with E-state index >= 15 is 0 Å². The summed E-state index contributed by atoms with van der Waals surface area (Å²) in [6.07, 6.45) is 7.98. The number of carbonyl (C=O) groups is 1. The van der Waals surface area contributed by atoms with Crippen molar-refractivity contribution in [3.63, 3.8) is 0 Å². The van der Waals surface area contributed by atoms with Crippen LogP contribution in [-0.2, 0) is 11.2 Å². The molecular weight excluding hydrogens is 290 g/mol. The molecule has 1 rings (SSSR count). The van der Waals surface area contributed by atoms with Crippen LogP contribution in [0.1, 0.15) is 57.4 Å². The molecule has 0 bridgehead atoms. The predicted octanol–water partition coefficient (Wildman–Crippen LogP) is 4.07. The molecule has 0 amide bonds. The lowest BCUT2D eigenvalue weighted by atomic mass is 9.84. The number of phenols is 1. The lowest BCUT2D eigenvalue weighted by Crippen LogP contribution is -2.53. The molecule has 0 aromatic heterocycles. The monoisotopic (exact) mass is 321 g/mol. The zero-order valence-corrected chi connectivity index (χ0v) is 14.7. The van der Waals surface area contributed by atoms with Gasteiger partial charge in [0.15, 0.2) is 0 Å². The quantitative estimate of drug-likeness (QED) is 0.603. The van der Waals surface area contributed by atoms with Crippen molar-refractivity contribution in [2.45, 2.75) is 63.8 Å². The summed E-state index contributed by atoms with van der Waals surface area (Å²) in [5.74, 6) is -0.570. The molecular formula is C19H31NO3. The fourth-order valence-electron chi connectivity index (χ4n) is 2.99. The molecule has 0 heterocycles. The zero-order chi connectivity index (χ0) is 17.3. The highest BCUT2D eigenvalue weighted by Gasteiger charge is 2.40. The van der Waals surface area contributed by atoms with Crippen LogP contribution in [0.15, 0.2) is 24.3 Å². The lowest BCUT2D eigenvalue weighted by Gasteiger charge is -2.36. The minimum Gasteiger partial charge on any atom is -0.508 e. The minimum absolute atomic E-state index is 0.204. The van der Waals surface area contributed by atoms with Crippen molar-refractivity contribution in [1.82, 2.24) is 4.90 Å². The van der Waals surface area contributed by atoms with E-state index in [4.69, 9.17) is 0 Å². The van der Waals surface area contributed by atoms with E-state index in [2.05, 4.69) is 6.92 Å². The third kappa shape index (κ3) is 5.87. The molecule has 130 valence electrons. The van der Waals surface area contributed by atoms with Crippen LogP contribution < -0.4 is 0 Å². The van der Waals surface area contributed by atoms with Gasteiger partial charge in [-0.25, -0.2) is 0 Å². The number of hydrogen-bond donors (Lipinski definition) is 2. The van der Waals surface area contributed by atoms with Gasteiger partial charge in [0.2, 0.25) is 0 Å². The van der Waals surface area contributed by atoms with Crippen LogP contribution in [0.25, 0.3) is 0 Å². The van der Waals surface area contributed by atoms with Crippen molar-refractivity contribution >= 4 is 5.97 Å². The Kier molecular flexibility index (Phi) is 8.10. The molecule has 0 fully saturated rings. The van der Waals surface area contributed by atoms with Crippen LogP contribution in [0.5, 0.6) is 5.75 Å². The van der Waals surface area contributed by atoms with Gasteiger partial charge in [-0.15, -0.1) is 0 Å². The smallest absolute Gasteiger partial charge is 0.324 e. The Morgan fingerprint density at radius 1 is 1.04 bits per heavy atom. The first-order valence-electron chi connectivity index (χ1n) is 8.61. The number of phenolic OH excluding ortho intramolecular Hbond substituents is 1. The van der Waals surface area contributed by atoms with Crippen molar-refractivity contribution in [3.8, 4) is 5.75 Å². The lowest BCUT2D eigenvalue weighted by molar-refractivity contribution is -0.150. The number of aliphatic carboxylic acids is 1.